The van der Waals surface area contributed by atoms with Crippen molar-refractivity contribution in [2.45, 2.75) is 68.7 Å². The number of halogens is 3. The summed E-state index contributed by atoms with van der Waals surface area (Å²) in [6.45, 7) is 3.98. The van der Waals surface area contributed by atoms with Crippen LogP contribution in [0.25, 0.3) is 10.8 Å². The number of nitrogens with zero attached hydrogens (tertiary/aromatic N) is 8. The molecule has 1 saturated carbocycles. The minimum atomic E-state index is -4.47. The van der Waals surface area contributed by atoms with Crippen molar-refractivity contribution >= 4 is 23.4 Å². The van der Waals surface area contributed by atoms with Gasteiger partial charge in [-0.3, -0.25) is 14.5 Å². The van der Waals surface area contributed by atoms with E-state index in [1.807, 2.05) is 10.8 Å². The normalized spacial score (nSPS) is 26.2. The van der Waals surface area contributed by atoms with E-state index in [0.717, 1.165) is 73.6 Å². The second-order valence-electron chi connectivity index (χ2n) is 11.0. The fourth-order valence-electron chi connectivity index (χ4n) is 5.93. The van der Waals surface area contributed by atoms with Crippen LogP contribution < -0.4 is 5.32 Å². The Morgan fingerprint density at radius 1 is 1.22 bits per heavy atom. The molecule has 2 unspecified atom stereocenters. The molecule has 5 heterocycles. The first kappa shape index (κ1) is 27.8. The van der Waals surface area contributed by atoms with Gasteiger partial charge in [-0.2, -0.15) is 13.2 Å². The number of hydrogen-bond acceptors (Lipinski definition) is 10. The molecule has 1 aliphatic carbocycles. The molecule has 220 valence electrons. The van der Waals surface area contributed by atoms with Crippen molar-refractivity contribution in [2.24, 2.45) is 4.99 Å². The first-order chi connectivity index (χ1) is 19.6. The second kappa shape index (κ2) is 10.2. The molecule has 6 rings (SSSR count). The Labute approximate surface area is 238 Å². The van der Waals surface area contributed by atoms with Gasteiger partial charge in [-0.25, -0.2) is 9.97 Å². The van der Waals surface area contributed by atoms with Crippen molar-refractivity contribution in [1.29, 1.82) is 0 Å². The first-order valence-corrected chi connectivity index (χ1v) is 14.5. The van der Waals surface area contributed by atoms with Gasteiger partial charge in [0.2, 0.25) is 0 Å². The van der Waals surface area contributed by atoms with E-state index in [1.54, 1.807) is 24.8 Å². The van der Waals surface area contributed by atoms with E-state index in [0.29, 0.717) is 17.4 Å². The Kier molecular flexibility index (Phi) is 6.93. The Bertz CT molecular complexity index is 1470. The molecule has 2 fully saturated rings. The maximum Gasteiger partial charge on any atom is 0.408 e. The summed E-state index contributed by atoms with van der Waals surface area (Å²) in [6, 6.07) is -1.82. The van der Waals surface area contributed by atoms with Crippen LogP contribution in [0.3, 0.4) is 0 Å². The van der Waals surface area contributed by atoms with Crippen molar-refractivity contribution in [1.82, 2.24) is 34.2 Å². The molecule has 41 heavy (non-hydrogen) atoms. The third-order valence-electron chi connectivity index (χ3n) is 8.56. The van der Waals surface area contributed by atoms with Crippen LogP contribution in [-0.2, 0) is 5.54 Å². The molecule has 3 aromatic rings. The molecule has 3 atom stereocenters. The summed E-state index contributed by atoms with van der Waals surface area (Å²) < 4.78 is 43.1. The summed E-state index contributed by atoms with van der Waals surface area (Å²) in [7, 11) is 0. The number of hydrogen-bond donors (Lipinski definition) is 3. The van der Waals surface area contributed by atoms with E-state index in [2.05, 4.69) is 35.4 Å². The number of anilines is 1. The Morgan fingerprint density at radius 2 is 1.98 bits per heavy atom. The summed E-state index contributed by atoms with van der Waals surface area (Å²) >= 11 is 1.14. The first-order valence-electron chi connectivity index (χ1n) is 13.6. The third-order valence-corrected chi connectivity index (χ3v) is 9.40. The van der Waals surface area contributed by atoms with Crippen LogP contribution in [0.1, 0.15) is 57.2 Å². The summed E-state index contributed by atoms with van der Waals surface area (Å²) in [6.07, 6.45) is 5.97. The van der Waals surface area contributed by atoms with E-state index in [-0.39, 0.29) is 29.7 Å². The Balaban J connectivity index is 1.39. The minimum absolute atomic E-state index is 0.00222. The van der Waals surface area contributed by atoms with Crippen LogP contribution in [0.15, 0.2) is 40.7 Å². The van der Waals surface area contributed by atoms with Crippen LogP contribution in [0.4, 0.5) is 19.0 Å². The van der Waals surface area contributed by atoms with Crippen LogP contribution in [0.2, 0.25) is 0 Å². The number of likely N-dealkylation sites (tertiary alicyclic amines) is 1. The van der Waals surface area contributed by atoms with Gasteiger partial charge in [0.05, 0.1) is 24.3 Å². The maximum absolute atomic E-state index is 13.4. The molecule has 3 aromatic heterocycles. The number of imidazole rings is 1. The molecular weight excluding hydrogens is 559 g/mol. The lowest BCUT2D eigenvalue weighted by atomic mass is 9.72. The van der Waals surface area contributed by atoms with Gasteiger partial charge in [0.15, 0.2) is 10.8 Å². The monoisotopic (exact) mass is 591 g/mol. The molecule has 11 nitrogen and oxygen atoms in total. The van der Waals surface area contributed by atoms with Crippen LogP contribution in [-0.4, -0.2) is 88.6 Å². The topological polar surface area (TPSA) is 130 Å². The molecule has 3 N–H and O–H groups in total. The van der Waals surface area contributed by atoms with E-state index in [9.17, 15) is 23.4 Å². The van der Waals surface area contributed by atoms with Crippen molar-refractivity contribution < 1.29 is 23.4 Å². The Hall–Kier alpha value is -3.30. The highest BCUT2D eigenvalue weighted by Crippen LogP contribution is 2.47. The smallest absolute Gasteiger partial charge is 0.408 e. The highest BCUT2D eigenvalue weighted by molar-refractivity contribution is 7.13. The molecule has 1 saturated heterocycles. The average molecular weight is 592 g/mol. The SMILES string of the molecule is CC1=C(O)[C@@](CNc2csc(-c3nncn3C(C)C(F)(F)F)n2)(n2cnc(C3CC3)c2)C(CO)(N2CCCC2)C=N1. The molecule has 0 aromatic carbocycles. The van der Waals surface area contributed by atoms with E-state index < -0.39 is 23.3 Å². The molecule has 3 aliphatic rings. The number of rotatable bonds is 9. The molecule has 0 spiro atoms. The summed E-state index contributed by atoms with van der Waals surface area (Å²) in [5, 5.41) is 35.7. The standard InChI is InChI=1S/C26H32F3N9O2S/c1-16-21(40)25(37-9-19(32-14-37)18-5-6-18,24(13-39,11-30-16)36-7-3-4-8-36)12-31-20-10-41-23(34-20)22-35-33-15-38(22)17(2)26(27,28)29/h9-11,14-15,17-18,31,39-40H,3-8,12-13H2,1-2H3/t17?,24?,25-/m1/s1. The van der Waals surface area contributed by atoms with Gasteiger partial charge in [0.1, 0.15) is 35.0 Å². The van der Waals surface area contributed by atoms with Gasteiger partial charge in [0.25, 0.3) is 0 Å². The van der Waals surface area contributed by atoms with Crippen molar-refractivity contribution in [2.75, 3.05) is 31.6 Å². The van der Waals surface area contributed by atoms with Gasteiger partial charge in [-0.15, -0.1) is 21.5 Å². The Morgan fingerprint density at radius 3 is 2.66 bits per heavy atom. The number of alkyl halides is 3. The molecule has 0 radical (unpaired) electrons. The maximum atomic E-state index is 13.4. The van der Waals surface area contributed by atoms with E-state index >= 15 is 0 Å². The van der Waals surface area contributed by atoms with Crippen LogP contribution >= 0.6 is 11.3 Å². The molecular formula is C26H32F3N9O2S. The number of thiazole rings is 1. The van der Waals surface area contributed by atoms with Crippen molar-refractivity contribution in [3.05, 3.63) is 41.4 Å². The zero-order valence-electron chi connectivity index (χ0n) is 22.7. The number of nitrogens with one attached hydrogen (secondary N) is 1. The zero-order valence-corrected chi connectivity index (χ0v) is 23.5. The number of aliphatic hydroxyl groups excluding tert-OH is 2. The number of allylic oxidation sites excluding steroid dienone is 1. The van der Waals surface area contributed by atoms with Crippen LogP contribution in [0, 0.1) is 0 Å². The third kappa shape index (κ3) is 4.54. The van der Waals surface area contributed by atoms with Gasteiger partial charge in [-0.05, 0) is 52.6 Å². The van der Waals surface area contributed by atoms with Crippen molar-refractivity contribution in [3.8, 4) is 10.8 Å². The molecule has 0 amide bonds. The number of aromatic nitrogens is 6. The number of aliphatic hydroxyl groups is 2. The fourth-order valence-corrected chi connectivity index (χ4v) is 6.69. The van der Waals surface area contributed by atoms with Gasteiger partial charge < -0.3 is 20.1 Å². The highest BCUT2D eigenvalue weighted by atomic mass is 32.1. The average Bonchev–Trinajstić information content (AvgIpc) is 3.46. The molecule has 15 heteroatoms. The summed E-state index contributed by atoms with van der Waals surface area (Å²) in [4.78, 5) is 15.9. The van der Waals surface area contributed by atoms with E-state index in [1.165, 1.54) is 0 Å². The predicted molar refractivity (Wildman–Crippen MR) is 147 cm³/mol. The lowest BCUT2D eigenvalue weighted by molar-refractivity contribution is -0.162. The van der Waals surface area contributed by atoms with Gasteiger partial charge in [-0.1, -0.05) is 0 Å². The predicted octanol–water partition coefficient (Wildman–Crippen LogP) is 4.11. The summed E-state index contributed by atoms with van der Waals surface area (Å²) in [5.74, 6) is 0.778. The lowest BCUT2D eigenvalue weighted by Crippen LogP contribution is -2.71. The largest absolute Gasteiger partial charge is 0.508 e. The van der Waals surface area contributed by atoms with E-state index in [4.69, 9.17) is 0 Å². The molecule has 0 bridgehead atoms. The van der Waals surface area contributed by atoms with Gasteiger partial charge in [0, 0.05) is 30.3 Å². The second-order valence-corrected chi connectivity index (χ2v) is 11.8. The molecule has 2 aliphatic heterocycles. The van der Waals surface area contributed by atoms with Gasteiger partial charge >= 0.3 is 6.18 Å². The highest BCUT2D eigenvalue weighted by Gasteiger charge is 2.60. The minimum Gasteiger partial charge on any atom is -0.508 e. The fraction of sp³-hybridized carbons (Fsp3) is 0.577. The van der Waals surface area contributed by atoms with Crippen molar-refractivity contribution in [3.63, 3.8) is 0 Å². The number of aliphatic imine (C=N–C) groups is 1. The summed E-state index contributed by atoms with van der Waals surface area (Å²) in [5.41, 5.74) is -0.986. The quantitative estimate of drug-likeness (QED) is 0.339. The lowest BCUT2D eigenvalue weighted by Gasteiger charge is -2.53. The zero-order chi connectivity index (χ0) is 29.0. The van der Waals surface area contributed by atoms with Crippen LogP contribution in [0.5, 0.6) is 0 Å².